The maximum atomic E-state index is 13.9. The predicted octanol–water partition coefficient (Wildman–Crippen LogP) is 2.30. The van der Waals surface area contributed by atoms with Gasteiger partial charge in [-0.2, -0.15) is 4.31 Å². The third-order valence-electron chi connectivity index (χ3n) is 5.15. The first kappa shape index (κ1) is 18.9. The molecule has 4 rings (SSSR count). The van der Waals surface area contributed by atoms with Crippen molar-refractivity contribution in [2.24, 2.45) is 0 Å². The Morgan fingerprint density at radius 1 is 1.04 bits per heavy atom. The molecule has 28 heavy (non-hydrogen) atoms. The van der Waals surface area contributed by atoms with E-state index in [1.807, 2.05) is 0 Å². The summed E-state index contributed by atoms with van der Waals surface area (Å²) in [6.45, 7) is 1.67. The molecular formula is C20H21FN2O4S. The Bertz CT molecular complexity index is 1010. The molecule has 2 aromatic carbocycles. The Morgan fingerprint density at radius 2 is 1.86 bits per heavy atom. The third-order valence-corrected chi connectivity index (χ3v) is 7.04. The van der Waals surface area contributed by atoms with Crippen LogP contribution in [0.2, 0.25) is 0 Å². The number of carbonyl (C=O) groups is 1. The topological polar surface area (TPSA) is 66.9 Å². The normalized spacial score (nSPS) is 17.7. The van der Waals surface area contributed by atoms with Crippen molar-refractivity contribution in [2.75, 3.05) is 32.8 Å². The van der Waals surface area contributed by atoms with Gasteiger partial charge >= 0.3 is 0 Å². The second-order valence-electron chi connectivity index (χ2n) is 6.90. The largest absolute Gasteiger partial charge is 0.493 e. The summed E-state index contributed by atoms with van der Waals surface area (Å²) in [4.78, 5) is 14.4. The van der Waals surface area contributed by atoms with E-state index in [4.69, 9.17) is 4.74 Å². The van der Waals surface area contributed by atoms with Crippen molar-refractivity contribution in [3.8, 4) is 5.75 Å². The van der Waals surface area contributed by atoms with E-state index in [-0.39, 0.29) is 23.5 Å². The summed E-state index contributed by atoms with van der Waals surface area (Å²) in [5.41, 5.74) is 0.907. The number of nitrogens with zero attached hydrogens (tertiary/aromatic N) is 2. The van der Waals surface area contributed by atoms with Crippen LogP contribution in [0.4, 0.5) is 4.39 Å². The molecular weight excluding hydrogens is 383 g/mol. The molecule has 1 amide bonds. The third kappa shape index (κ3) is 3.49. The number of carbonyl (C=O) groups excluding carboxylic acids is 1. The van der Waals surface area contributed by atoms with Gasteiger partial charge in [-0.05, 0) is 42.3 Å². The van der Waals surface area contributed by atoms with Crippen LogP contribution in [0.25, 0.3) is 0 Å². The Morgan fingerprint density at radius 3 is 2.68 bits per heavy atom. The number of benzene rings is 2. The van der Waals surface area contributed by atoms with E-state index in [1.54, 1.807) is 24.3 Å². The van der Waals surface area contributed by atoms with Gasteiger partial charge in [0.2, 0.25) is 10.0 Å². The van der Waals surface area contributed by atoms with E-state index in [0.717, 1.165) is 11.3 Å². The first-order chi connectivity index (χ1) is 13.5. The number of halogens is 1. The maximum Gasteiger partial charge on any atom is 0.256 e. The fraction of sp³-hybridized carbons (Fsp3) is 0.350. The van der Waals surface area contributed by atoms with Gasteiger partial charge in [-0.15, -0.1) is 0 Å². The summed E-state index contributed by atoms with van der Waals surface area (Å²) in [6.07, 6.45) is 1.19. The van der Waals surface area contributed by atoms with Crippen molar-refractivity contribution in [1.82, 2.24) is 9.21 Å². The maximum absolute atomic E-state index is 13.9. The molecule has 1 saturated heterocycles. The molecule has 2 aliphatic heterocycles. The van der Waals surface area contributed by atoms with Crippen molar-refractivity contribution < 1.29 is 22.3 Å². The summed E-state index contributed by atoms with van der Waals surface area (Å²) in [5, 5.41) is 0. The molecule has 6 nitrogen and oxygen atoms in total. The molecule has 0 saturated carbocycles. The molecule has 0 atom stereocenters. The van der Waals surface area contributed by atoms with Crippen LogP contribution >= 0.6 is 0 Å². The van der Waals surface area contributed by atoms with Gasteiger partial charge in [-0.25, -0.2) is 12.8 Å². The number of rotatable bonds is 3. The zero-order valence-electron chi connectivity index (χ0n) is 15.3. The summed E-state index contributed by atoms with van der Waals surface area (Å²) in [7, 11) is -3.66. The molecule has 0 radical (unpaired) electrons. The Hall–Kier alpha value is -2.45. The number of ether oxygens (including phenoxy) is 1. The Balaban J connectivity index is 1.51. The first-order valence-corrected chi connectivity index (χ1v) is 10.7. The first-order valence-electron chi connectivity index (χ1n) is 9.26. The van der Waals surface area contributed by atoms with Crippen LogP contribution in [-0.4, -0.2) is 56.3 Å². The fourth-order valence-electron chi connectivity index (χ4n) is 3.61. The molecule has 0 N–H and O–H groups in total. The van der Waals surface area contributed by atoms with Crippen LogP contribution in [-0.2, 0) is 16.4 Å². The minimum atomic E-state index is -3.66. The number of amides is 1. The van der Waals surface area contributed by atoms with Gasteiger partial charge in [0.1, 0.15) is 11.6 Å². The molecule has 8 heteroatoms. The molecule has 0 bridgehead atoms. The van der Waals surface area contributed by atoms with Crippen LogP contribution in [0.3, 0.4) is 0 Å². The van der Waals surface area contributed by atoms with Crippen LogP contribution in [0, 0.1) is 5.82 Å². The summed E-state index contributed by atoms with van der Waals surface area (Å²) < 4.78 is 46.9. The highest BCUT2D eigenvalue weighted by Crippen LogP contribution is 2.29. The highest BCUT2D eigenvalue weighted by Gasteiger charge is 2.30. The van der Waals surface area contributed by atoms with Gasteiger partial charge < -0.3 is 9.64 Å². The fourth-order valence-corrected chi connectivity index (χ4v) is 5.14. The summed E-state index contributed by atoms with van der Waals surface area (Å²) in [6, 6.07) is 10.8. The predicted molar refractivity (Wildman–Crippen MR) is 101 cm³/mol. The van der Waals surface area contributed by atoms with E-state index >= 15 is 0 Å². The molecule has 2 aromatic rings. The number of hydrogen-bond donors (Lipinski definition) is 0. The summed E-state index contributed by atoms with van der Waals surface area (Å²) in [5.74, 6) is -0.245. The number of hydrogen-bond acceptors (Lipinski definition) is 4. The van der Waals surface area contributed by atoms with E-state index in [9.17, 15) is 17.6 Å². The van der Waals surface area contributed by atoms with Crippen molar-refractivity contribution >= 4 is 15.9 Å². The Kier molecular flexibility index (Phi) is 5.07. The smallest absolute Gasteiger partial charge is 0.256 e. The van der Waals surface area contributed by atoms with E-state index in [0.29, 0.717) is 32.5 Å². The minimum absolute atomic E-state index is 0.0115. The van der Waals surface area contributed by atoms with Crippen molar-refractivity contribution in [2.45, 2.75) is 17.7 Å². The minimum Gasteiger partial charge on any atom is -0.493 e. The van der Waals surface area contributed by atoms with E-state index < -0.39 is 21.7 Å². The van der Waals surface area contributed by atoms with Crippen LogP contribution in [0.5, 0.6) is 5.75 Å². The lowest BCUT2D eigenvalue weighted by atomic mass is 10.2. The second kappa shape index (κ2) is 7.52. The van der Waals surface area contributed by atoms with Crippen molar-refractivity contribution in [3.63, 3.8) is 0 Å². The van der Waals surface area contributed by atoms with Gasteiger partial charge in [-0.3, -0.25) is 4.79 Å². The van der Waals surface area contributed by atoms with Gasteiger partial charge in [0, 0.05) is 32.6 Å². The van der Waals surface area contributed by atoms with Crippen molar-refractivity contribution in [3.05, 3.63) is 59.4 Å². The standard InChI is InChI=1S/C20H21FN2O4S/c21-18-5-2-1-4-17(18)20(24)22-9-3-10-23(12-11-22)28(25,26)16-6-7-19-15(14-16)8-13-27-19/h1-2,4-7,14H,3,8-13H2. The molecule has 1 fully saturated rings. The lowest BCUT2D eigenvalue weighted by Crippen LogP contribution is -2.37. The number of sulfonamides is 1. The van der Waals surface area contributed by atoms with Gasteiger partial charge in [0.05, 0.1) is 17.1 Å². The molecule has 148 valence electrons. The molecule has 0 aliphatic carbocycles. The monoisotopic (exact) mass is 404 g/mol. The molecule has 0 aromatic heterocycles. The summed E-state index contributed by atoms with van der Waals surface area (Å²) >= 11 is 0. The molecule has 0 spiro atoms. The number of fused-ring (bicyclic) bond motifs is 1. The van der Waals surface area contributed by atoms with E-state index in [2.05, 4.69) is 0 Å². The van der Waals surface area contributed by atoms with Crippen LogP contribution in [0.15, 0.2) is 47.4 Å². The average molecular weight is 404 g/mol. The van der Waals surface area contributed by atoms with Crippen LogP contribution < -0.4 is 4.74 Å². The highest BCUT2D eigenvalue weighted by molar-refractivity contribution is 7.89. The van der Waals surface area contributed by atoms with Crippen LogP contribution in [0.1, 0.15) is 22.3 Å². The lowest BCUT2D eigenvalue weighted by Gasteiger charge is -2.22. The quantitative estimate of drug-likeness (QED) is 0.787. The lowest BCUT2D eigenvalue weighted by molar-refractivity contribution is 0.0759. The Labute approximate surface area is 163 Å². The van der Waals surface area contributed by atoms with Gasteiger partial charge in [0.15, 0.2) is 0 Å². The average Bonchev–Trinajstić information content (AvgIpc) is 3.02. The van der Waals surface area contributed by atoms with Gasteiger partial charge in [-0.1, -0.05) is 12.1 Å². The molecule has 0 unspecified atom stereocenters. The van der Waals surface area contributed by atoms with Gasteiger partial charge in [0.25, 0.3) is 5.91 Å². The second-order valence-corrected chi connectivity index (χ2v) is 8.84. The zero-order valence-corrected chi connectivity index (χ0v) is 16.1. The molecule has 2 heterocycles. The highest BCUT2D eigenvalue weighted by atomic mass is 32.2. The SMILES string of the molecule is O=C(c1ccccc1F)N1CCCN(S(=O)(=O)c2ccc3c(c2)CCO3)CC1. The van der Waals surface area contributed by atoms with E-state index in [1.165, 1.54) is 27.4 Å². The van der Waals surface area contributed by atoms with Crippen molar-refractivity contribution in [1.29, 1.82) is 0 Å². The zero-order chi connectivity index (χ0) is 19.7. The molecule has 2 aliphatic rings.